The van der Waals surface area contributed by atoms with Crippen LogP contribution in [-0.4, -0.2) is 60.9 Å². The minimum atomic E-state index is -1.16. The van der Waals surface area contributed by atoms with Gasteiger partial charge < -0.3 is 29.4 Å². The van der Waals surface area contributed by atoms with Crippen molar-refractivity contribution in [3.63, 3.8) is 0 Å². The Morgan fingerprint density at radius 2 is 1.89 bits per heavy atom. The second-order valence-corrected chi connectivity index (χ2v) is 7.03. The van der Waals surface area contributed by atoms with Gasteiger partial charge in [0.1, 0.15) is 35.5 Å². The minimum Gasteiger partial charge on any atom is -0.497 e. The molecule has 1 spiro atoms. The van der Waals surface area contributed by atoms with Crippen LogP contribution in [0.1, 0.15) is 12.6 Å². The van der Waals surface area contributed by atoms with Crippen molar-refractivity contribution in [1.82, 2.24) is 14.5 Å². The van der Waals surface area contributed by atoms with Crippen molar-refractivity contribution in [2.45, 2.75) is 36.6 Å². The summed E-state index contributed by atoms with van der Waals surface area (Å²) in [5, 5.41) is 31.4. The van der Waals surface area contributed by atoms with E-state index in [1.807, 2.05) is 30.3 Å². The average molecular weight is 369 g/mol. The zero-order chi connectivity index (χ0) is 18.8. The largest absolute Gasteiger partial charge is 0.497 e. The van der Waals surface area contributed by atoms with Crippen molar-refractivity contribution in [2.24, 2.45) is 0 Å². The van der Waals surface area contributed by atoms with Crippen LogP contribution in [0.2, 0.25) is 0 Å². The summed E-state index contributed by atoms with van der Waals surface area (Å²) in [5.41, 5.74) is 1.16. The molecule has 27 heavy (non-hydrogen) atoms. The lowest BCUT2D eigenvalue weighted by Gasteiger charge is -2.17. The summed E-state index contributed by atoms with van der Waals surface area (Å²) < 4.78 is 12.7. The lowest BCUT2D eigenvalue weighted by molar-refractivity contribution is -0.0631. The van der Waals surface area contributed by atoms with E-state index in [9.17, 15) is 15.3 Å². The summed E-state index contributed by atoms with van der Waals surface area (Å²) in [4.78, 5) is 8.75. The van der Waals surface area contributed by atoms with Crippen LogP contribution in [0.4, 0.5) is 0 Å². The fraction of sp³-hybridized carbons (Fsp3) is 0.368. The number of aliphatic hydroxyl groups is 3. The molecule has 3 aromatic rings. The molecule has 5 atom stereocenters. The molecule has 1 aliphatic carbocycles. The summed E-state index contributed by atoms with van der Waals surface area (Å²) in [6, 6.07) is 9.40. The Kier molecular flexibility index (Phi) is 3.54. The van der Waals surface area contributed by atoms with Crippen molar-refractivity contribution >= 4 is 11.0 Å². The number of ether oxygens (including phenoxy) is 2. The maximum atomic E-state index is 10.5. The Balaban J connectivity index is 1.56. The third-order valence-electron chi connectivity index (χ3n) is 5.52. The third kappa shape index (κ3) is 2.31. The van der Waals surface area contributed by atoms with Crippen LogP contribution in [0.15, 0.2) is 42.9 Å². The summed E-state index contributed by atoms with van der Waals surface area (Å²) in [6.07, 6.45) is -0.368. The van der Waals surface area contributed by atoms with E-state index in [1.54, 1.807) is 17.9 Å². The molecule has 0 radical (unpaired) electrons. The van der Waals surface area contributed by atoms with Gasteiger partial charge >= 0.3 is 0 Å². The molecule has 2 aliphatic rings. The molecule has 0 bridgehead atoms. The van der Waals surface area contributed by atoms with Crippen LogP contribution >= 0.6 is 0 Å². The number of aromatic nitrogens is 3. The van der Waals surface area contributed by atoms with Crippen molar-refractivity contribution in [3.05, 3.63) is 42.9 Å². The number of nitrogens with zero attached hydrogens (tertiary/aromatic N) is 3. The van der Waals surface area contributed by atoms with Gasteiger partial charge in [0.2, 0.25) is 0 Å². The maximum Gasteiger partial charge on any atom is 0.164 e. The summed E-state index contributed by atoms with van der Waals surface area (Å²) in [5.74, 6) is 0.756. The van der Waals surface area contributed by atoms with E-state index >= 15 is 0 Å². The van der Waals surface area contributed by atoms with Gasteiger partial charge in [0.05, 0.1) is 18.9 Å². The van der Waals surface area contributed by atoms with E-state index in [1.165, 1.54) is 6.33 Å². The quantitative estimate of drug-likeness (QED) is 0.628. The van der Waals surface area contributed by atoms with Gasteiger partial charge in [0, 0.05) is 23.6 Å². The lowest BCUT2D eigenvalue weighted by atomic mass is 10.1. The van der Waals surface area contributed by atoms with Gasteiger partial charge in [-0.15, -0.1) is 0 Å². The topological polar surface area (TPSA) is 110 Å². The van der Waals surface area contributed by atoms with Crippen molar-refractivity contribution in [1.29, 1.82) is 0 Å². The van der Waals surface area contributed by atoms with Crippen molar-refractivity contribution in [2.75, 3.05) is 7.11 Å². The van der Waals surface area contributed by atoms with E-state index in [-0.39, 0.29) is 0 Å². The second-order valence-electron chi connectivity index (χ2n) is 7.03. The fourth-order valence-electron chi connectivity index (χ4n) is 3.87. The molecule has 5 rings (SSSR count). The molecule has 2 fully saturated rings. The molecular formula is C19H19N3O5. The minimum absolute atomic E-state index is 0.313. The van der Waals surface area contributed by atoms with Crippen LogP contribution < -0.4 is 4.74 Å². The normalized spacial score (nSPS) is 32.3. The highest BCUT2D eigenvalue weighted by Gasteiger charge is 2.69. The van der Waals surface area contributed by atoms with Gasteiger partial charge in [0.15, 0.2) is 6.23 Å². The molecule has 3 N–H and O–H groups in total. The molecule has 140 valence electrons. The first kappa shape index (κ1) is 16.6. The molecule has 3 heterocycles. The van der Waals surface area contributed by atoms with Crippen molar-refractivity contribution in [3.8, 4) is 17.0 Å². The number of hydrogen-bond donors (Lipinski definition) is 3. The predicted octanol–water partition coefficient (Wildman–Crippen LogP) is 0.861. The van der Waals surface area contributed by atoms with E-state index < -0.39 is 30.1 Å². The molecule has 2 unspecified atom stereocenters. The maximum absolute atomic E-state index is 10.5. The Bertz CT molecular complexity index is 1000. The molecule has 1 saturated carbocycles. The van der Waals surface area contributed by atoms with Crippen LogP contribution in [0.5, 0.6) is 5.75 Å². The predicted molar refractivity (Wildman–Crippen MR) is 95.0 cm³/mol. The zero-order valence-electron chi connectivity index (χ0n) is 14.6. The third-order valence-corrected chi connectivity index (χ3v) is 5.52. The highest BCUT2D eigenvalue weighted by Crippen LogP contribution is 2.53. The number of methoxy groups -OCH3 is 1. The molecular weight excluding hydrogens is 350 g/mol. The monoisotopic (exact) mass is 369 g/mol. The van der Waals surface area contributed by atoms with Crippen LogP contribution in [0, 0.1) is 0 Å². The molecule has 0 amide bonds. The van der Waals surface area contributed by atoms with Gasteiger partial charge in [-0.2, -0.15) is 0 Å². The molecule has 1 aromatic carbocycles. The summed E-state index contributed by atoms with van der Waals surface area (Å²) >= 11 is 0. The molecule has 1 aliphatic heterocycles. The SMILES string of the molecule is COc1ccc(-c2ncnc3c2ccn3[C@@H]2OC3(CC3O)[C@@H](O)[C@H]2O)cc1. The van der Waals surface area contributed by atoms with E-state index in [0.717, 1.165) is 22.4 Å². The summed E-state index contributed by atoms with van der Waals surface area (Å²) in [6.45, 7) is 0. The Morgan fingerprint density at radius 3 is 2.52 bits per heavy atom. The second kappa shape index (κ2) is 5.74. The first-order valence-electron chi connectivity index (χ1n) is 8.73. The zero-order valence-corrected chi connectivity index (χ0v) is 14.6. The van der Waals surface area contributed by atoms with Crippen LogP contribution in [0.3, 0.4) is 0 Å². The van der Waals surface area contributed by atoms with Gasteiger partial charge in [0.25, 0.3) is 0 Å². The van der Waals surface area contributed by atoms with Gasteiger partial charge in [-0.1, -0.05) is 0 Å². The van der Waals surface area contributed by atoms with E-state index in [2.05, 4.69) is 9.97 Å². The van der Waals surface area contributed by atoms with Gasteiger partial charge in [-0.05, 0) is 30.3 Å². The first-order valence-corrected chi connectivity index (χ1v) is 8.73. The average Bonchev–Trinajstić information content (AvgIpc) is 3.05. The first-order chi connectivity index (χ1) is 13.0. The highest BCUT2D eigenvalue weighted by atomic mass is 16.6. The number of benzene rings is 1. The van der Waals surface area contributed by atoms with Crippen LogP contribution in [-0.2, 0) is 4.74 Å². The molecule has 8 nitrogen and oxygen atoms in total. The Labute approximate surface area is 154 Å². The highest BCUT2D eigenvalue weighted by molar-refractivity contribution is 5.91. The Morgan fingerprint density at radius 1 is 1.15 bits per heavy atom. The van der Waals surface area contributed by atoms with Gasteiger partial charge in [-0.3, -0.25) is 0 Å². The molecule has 8 heteroatoms. The smallest absolute Gasteiger partial charge is 0.164 e. The number of fused-ring (bicyclic) bond motifs is 1. The summed E-state index contributed by atoms with van der Waals surface area (Å²) in [7, 11) is 1.61. The Hall–Kier alpha value is -2.52. The fourth-order valence-corrected chi connectivity index (χ4v) is 3.87. The van der Waals surface area contributed by atoms with E-state index in [0.29, 0.717) is 12.1 Å². The number of hydrogen-bond acceptors (Lipinski definition) is 7. The molecule has 2 aromatic heterocycles. The van der Waals surface area contributed by atoms with Crippen LogP contribution in [0.25, 0.3) is 22.3 Å². The number of rotatable bonds is 3. The van der Waals surface area contributed by atoms with E-state index in [4.69, 9.17) is 9.47 Å². The lowest BCUT2D eigenvalue weighted by Crippen LogP contribution is -2.34. The number of aliphatic hydroxyl groups excluding tert-OH is 3. The standard InChI is InChI=1S/C19H19N3O5/c1-26-11-4-2-10(3-5-11)14-12-6-7-22(17(12)21-9-20-14)18-15(24)16(25)19(27-18)8-13(19)23/h2-7,9,13,15-16,18,23-25H,8H2,1H3/t13?,15-,16+,18-,19?/m1/s1. The van der Waals surface area contributed by atoms with Crippen molar-refractivity contribution < 1.29 is 24.8 Å². The van der Waals surface area contributed by atoms with Gasteiger partial charge in [-0.25, -0.2) is 9.97 Å². The molecule has 1 saturated heterocycles.